The first-order valence-electron chi connectivity index (χ1n) is 10.6. The lowest BCUT2D eigenvalue weighted by atomic mass is 10.1. The van der Waals surface area contributed by atoms with E-state index in [0.29, 0.717) is 24.0 Å². The number of sulfonamides is 2. The van der Waals surface area contributed by atoms with E-state index in [9.17, 15) is 25.6 Å². The second-order valence-electron chi connectivity index (χ2n) is 8.14. The summed E-state index contributed by atoms with van der Waals surface area (Å²) in [5, 5.41) is 5.36. The zero-order valence-electron chi connectivity index (χ0n) is 19.0. The van der Waals surface area contributed by atoms with E-state index in [1.807, 2.05) is 0 Å². The Hall–Kier alpha value is -3.20. The third-order valence-corrected chi connectivity index (χ3v) is 7.66. The van der Waals surface area contributed by atoms with Crippen molar-refractivity contribution in [2.45, 2.75) is 23.8 Å². The molecule has 1 fully saturated rings. The third-order valence-electron chi connectivity index (χ3n) is 5.45. The van der Waals surface area contributed by atoms with Gasteiger partial charge in [0.2, 0.25) is 25.9 Å². The molecular formula is C22H22F2N4O6S2. The maximum absolute atomic E-state index is 13.6. The minimum absolute atomic E-state index is 0.0162. The van der Waals surface area contributed by atoms with E-state index in [2.05, 4.69) is 9.97 Å². The lowest BCUT2D eigenvalue weighted by molar-refractivity contribution is 0.126. The van der Waals surface area contributed by atoms with Gasteiger partial charge in [-0.1, -0.05) is 6.07 Å². The predicted octanol–water partition coefficient (Wildman–Crippen LogP) is 2.66. The zero-order valence-corrected chi connectivity index (χ0v) is 20.6. The van der Waals surface area contributed by atoms with Crippen molar-refractivity contribution in [3.63, 3.8) is 0 Å². The summed E-state index contributed by atoms with van der Waals surface area (Å²) in [5.74, 6) is -2.03. The maximum Gasteiger partial charge on any atom is 0.243 e. The van der Waals surface area contributed by atoms with Crippen molar-refractivity contribution in [1.29, 1.82) is 0 Å². The van der Waals surface area contributed by atoms with Gasteiger partial charge < -0.3 is 9.47 Å². The summed E-state index contributed by atoms with van der Waals surface area (Å²) in [6.07, 6.45) is 5.37. The second-order valence-corrected chi connectivity index (χ2v) is 11.7. The molecule has 0 atom stereocenters. The van der Waals surface area contributed by atoms with Crippen molar-refractivity contribution < 1.29 is 35.1 Å². The highest BCUT2D eigenvalue weighted by atomic mass is 32.2. The molecule has 0 aliphatic carbocycles. The molecule has 0 radical (unpaired) electrons. The Bertz CT molecular complexity index is 1490. The first-order valence-corrected chi connectivity index (χ1v) is 14.0. The highest BCUT2D eigenvalue weighted by molar-refractivity contribution is 7.89. The summed E-state index contributed by atoms with van der Waals surface area (Å²) in [4.78, 5) is 7.67. The van der Waals surface area contributed by atoms with Gasteiger partial charge in [-0.3, -0.25) is 4.98 Å². The average Bonchev–Trinajstić information content (AvgIpc) is 2.81. The van der Waals surface area contributed by atoms with Crippen LogP contribution in [0.5, 0.6) is 17.4 Å². The van der Waals surface area contributed by atoms with Gasteiger partial charge in [0.05, 0.1) is 18.6 Å². The number of hydrogen-bond donors (Lipinski definition) is 1. The monoisotopic (exact) mass is 540 g/mol. The van der Waals surface area contributed by atoms with Crippen LogP contribution in [-0.4, -0.2) is 56.6 Å². The third kappa shape index (κ3) is 6.13. The van der Waals surface area contributed by atoms with Crippen LogP contribution in [0.2, 0.25) is 0 Å². The fraction of sp³-hybridized carbons (Fsp3) is 0.273. The van der Waals surface area contributed by atoms with Crippen molar-refractivity contribution in [1.82, 2.24) is 14.3 Å². The minimum atomic E-state index is -4.26. The van der Waals surface area contributed by atoms with Crippen LogP contribution in [0.3, 0.4) is 0 Å². The molecule has 0 amide bonds. The first-order chi connectivity index (χ1) is 16.9. The number of aromatic nitrogens is 2. The number of hydrogen-bond acceptors (Lipinski definition) is 8. The quantitative estimate of drug-likeness (QED) is 0.482. The molecule has 0 bridgehead atoms. The molecule has 36 heavy (non-hydrogen) atoms. The van der Waals surface area contributed by atoms with Gasteiger partial charge in [-0.15, -0.1) is 0 Å². The van der Waals surface area contributed by atoms with Crippen molar-refractivity contribution in [3.8, 4) is 28.5 Å². The summed E-state index contributed by atoms with van der Waals surface area (Å²) in [6.45, 7) is 0.466. The molecule has 1 saturated heterocycles. The van der Waals surface area contributed by atoms with Crippen molar-refractivity contribution in [2.24, 2.45) is 5.14 Å². The normalized spacial score (nSPS) is 15.6. The van der Waals surface area contributed by atoms with Gasteiger partial charge in [0.15, 0.2) is 11.6 Å². The fourth-order valence-corrected chi connectivity index (χ4v) is 5.14. The van der Waals surface area contributed by atoms with E-state index in [1.54, 1.807) is 0 Å². The number of rotatable bonds is 7. The zero-order chi connectivity index (χ0) is 26.1. The van der Waals surface area contributed by atoms with Crippen LogP contribution in [0.25, 0.3) is 11.1 Å². The molecule has 3 aromatic rings. The Morgan fingerprint density at radius 1 is 0.944 bits per heavy atom. The Kier molecular flexibility index (Phi) is 7.22. The maximum atomic E-state index is 13.6. The van der Waals surface area contributed by atoms with E-state index in [1.165, 1.54) is 35.0 Å². The molecule has 3 heterocycles. The van der Waals surface area contributed by atoms with Crippen LogP contribution in [0.15, 0.2) is 53.8 Å². The van der Waals surface area contributed by atoms with Crippen molar-refractivity contribution >= 4 is 20.0 Å². The number of piperidine rings is 1. The molecule has 0 saturated carbocycles. The largest absolute Gasteiger partial charge is 0.473 e. The molecule has 4 rings (SSSR count). The summed E-state index contributed by atoms with van der Waals surface area (Å²) in [5.41, 5.74) is 0.798. The standard InChI is InChI=1S/C22H22F2N4O6S2/c1-35(29,30)28-6-4-16(5-7-28)34-22-21(36(25,31)32)10-18(13-27-22)33-17-8-15(11-26-12-17)14-2-3-19(23)20(24)9-14/h2-3,8-13,16H,4-7H2,1H3,(H2,25,31,32). The molecule has 192 valence electrons. The van der Waals surface area contributed by atoms with E-state index in [4.69, 9.17) is 14.6 Å². The van der Waals surface area contributed by atoms with Gasteiger partial charge >= 0.3 is 0 Å². The number of nitrogens with two attached hydrogens (primary N) is 1. The number of ether oxygens (including phenoxy) is 2. The van der Waals surface area contributed by atoms with Crippen molar-refractivity contribution in [2.75, 3.05) is 19.3 Å². The van der Waals surface area contributed by atoms with Crippen LogP contribution < -0.4 is 14.6 Å². The van der Waals surface area contributed by atoms with E-state index < -0.39 is 42.7 Å². The highest BCUT2D eigenvalue weighted by Crippen LogP contribution is 2.31. The first kappa shape index (κ1) is 25.9. The van der Waals surface area contributed by atoms with Gasteiger partial charge in [-0.2, -0.15) is 0 Å². The van der Waals surface area contributed by atoms with Gasteiger partial charge in [0.25, 0.3) is 0 Å². The Morgan fingerprint density at radius 2 is 1.64 bits per heavy atom. The van der Waals surface area contributed by atoms with Crippen molar-refractivity contribution in [3.05, 3.63) is 60.6 Å². The van der Waals surface area contributed by atoms with Crippen LogP contribution >= 0.6 is 0 Å². The van der Waals surface area contributed by atoms with E-state index >= 15 is 0 Å². The lowest BCUT2D eigenvalue weighted by Gasteiger charge is -2.30. The predicted molar refractivity (Wildman–Crippen MR) is 125 cm³/mol. The molecular weight excluding hydrogens is 518 g/mol. The molecule has 2 aromatic heterocycles. The highest BCUT2D eigenvalue weighted by Gasteiger charge is 2.28. The number of halogens is 2. The molecule has 1 aromatic carbocycles. The number of primary sulfonamides is 1. The lowest BCUT2D eigenvalue weighted by Crippen LogP contribution is -2.41. The van der Waals surface area contributed by atoms with Crippen LogP contribution in [0, 0.1) is 11.6 Å². The summed E-state index contributed by atoms with van der Waals surface area (Å²) < 4.78 is 87.4. The minimum Gasteiger partial charge on any atom is -0.473 e. The second kappa shape index (κ2) is 10.0. The molecule has 1 aliphatic heterocycles. The van der Waals surface area contributed by atoms with Crippen LogP contribution in [-0.2, 0) is 20.0 Å². The molecule has 2 N–H and O–H groups in total. The van der Waals surface area contributed by atoms with Crippen LogP contribution in [0.4, 0.5) is 8.78 Å². The SMILES string of the molecule is CS(=O)(=O)N1CCC(Oc2ncc(Oc3cncc(-c4ccc(F)c(F)c4)c3)cc2S(N)(=O)=O)CC1. The summed E-state index contributed by atoms with van der Waals surface area (Å²) >= 11 is 0. The molecule has 0 unspecified atom stereocenters. The topological polar surface area (TPSA) is 142 Å². The summed E-state index contributed by atoms with van der Waals surface area (Å²) in [7, 11) is -7.58. The van der Waals surface area contributed by atoms with E-state index in [-0.39, 0.29) is 30.5 Å². The van der Waals surface area contributed by atoms with Gasteiger partial charge in [0, 0.05) is 30.9 Å². The molecule has 10 nitrogen and oxygen atoms in total. The summed E-state index contributed by atoms with van der Waals surface area (Å²) in [6, 6.07) is 6.05. The number of benzene rings is 1. The molecule has 1 aliphatic rings. The number of nitrogens with zero attached hydrogens (tertiary/aromatic N) is 3. The molecule has 0 spiro atoms. The Labute approximate surface area is 206 Å². The van der Waals surface area contributed by atoms with Gasteiger partial charge in [0.1, 0.15) is 22.5 Å². The Balaban J connectivity index is 1.54. The van der Waals surface area contributed by atoms with Crippen LogP contribution in [0.1, 0.15) is 12.8 Å². The van der Waals surface area contributed by atoms with Gasteiger partial charge in [-0.25, -0.2) is 40.0 Å². The van der Waals surface area contributed by atoms with Gasteiger partial charge in [-0.05, 0) is 36.6 Å². The number of pyridine rings is 2. The van der Waals surface area contributed by atoms with E-state index in [0.717, 1.165) is 24.5 Å². The fourth-order valence-electron chi connectivity index (χ4n) is 3.65. The smallest absolute Gasteiger partial charge is 0.243 e. The average molecular weight is 541 g/mol. The Morgan fingerprint density at radius 3 is 2.28 bits per heavy atom. The molecule has 14 heteroatoms.